The van der Waals surface area contributed by atoms with Gasteiger partial charge < -0.3 is 14.2 Å². The summed E-state index contributed by atoms with van der Waals surface area (Å²) in [7, 11) is 2.10. The Balaban J connectivity index is 1.46. The maximum absolute atomic E-state index is 5.44. The molecule has 2 aromatic rings. The number of rotatable bonds is 5. The van der Waals surface area contributed by atoms with E-state index >= 15 is 0 Å². The van der Waals surface area contributed by atoms with E-state index < -0.39 is 0 Å². The molecule has 0 unspecified atom stereocenters. The van der Waals surface area contributed by atoms with Gasteiger partial charge in [-0.2, -0.15) is 0 Å². The van der Waals surface area contributed by atoms with E-state index in [1.807, 2.05) is 0 Å². The fourth-order valence-electron chi connectivity index (χ4n) is 3.98. The summed E-state index contributed by atoms with van der Waals surface area (Å²) in [5.74, 6) is 3.55. The van der Waals surface area contributed by atoms with Gasteiger partial charge in [-0.3, -0.25) is 4.90 Å². The van der Waals surface area contributed by atoms with E-state index in [1.165, 1.54) is 0 Å². The van der Waals surface area contributed by atoms with Gasteiger partial charge in [-0.1, -0.05) is 6.92 Å². The van der Waals surface area contributed by atoms with Crippen LogP contribution in [-0.2, 0) is 24.8 Å². The second-order valence-electron chi connectivity index (χ2n) is 7.43. The maximum Gasteiger partial charge on any atom is 0.146 e. The highest BCUT2D eigenvalue weighted by atomic mass is 16.5. The molecule has 0 aliphatic carbocycles. The van der Waals surface area contributed by atoms with Crippen molar-refractivity contribution in [3.8, 4) is 0 Å². The minimum absolute atomic E-state index is 0.384. The maximum atomic E-state index is 5.44. The molecule has 2 saturated heterocycles. The van der Waals surface area contributed by atoms with Gasteiger partial charge in [-0.05, 0) is 19.3 Å². The molecule has 8 heteroatoms. The van der Waals surface area contributed by atoms with Crippen LogP contribution in [0.5, 0.6) is 0 Å². The lowest BCUT2D eigenvalue weighted by Crippen LogP contribution is -2.37. The van der Waals surface area contributed by atoms with Gasteiger partial charge in [0.2, 0.25) is 0 Å². The molecule has 2 aliphatic heterocycles. The van der Waals surface area contributed by atoms with Crippen LogP contribution < -0.4 is 4.90 Å². The molecule has 0 N–H and O–H groups in total. The lowest BCUT2D eigenvalue weighted by atomic mass is 9.97. The summed E-state index contributed by atoms with van der Waals surface area (Å²) in [6.07, 6.45) is 4.90. The van der Waals surface area contributed by atoms with E-state index in [0.29, 0.717) is 5.92 Å². The van der Waals surface area contributed by atoms with Crippen LogP contribution in [0.3, 0.4) is 0 Å². The summed E-state index contributed by atoms with van der Waals surface area (Å²) in [5, 5.41) is 9.06. The number of piperidine rings is 1. The number of aromatic nitrogens is 5. The van der Waals surface area contributed by atoms with Crippen LogP contribution in [0, 0.1) is 0 Å². The highest BCUT2D eigenvalue weighted by molar-refractivity contribution is 5.40. The molecule has 27 heavy (non-hydrogen) atoms. The van der Waals surface area contributed by atoms with E-state index in [2.05, 4.69) is 54.6 Å². The van der Waals surface area contributed by atoms with Crippen molar-refractivity contribution in [3.63, 3.8) is 0 Å². The highest BCUT2D eigenvalue weighted by Crippen LogP contribution is 2.28. The first-order valence-electron chi connectivity index (χ1n) is 9.98. The number of aryl methyl sites for hydroxylation is 1. The molecule has 0 spiro atoms. The summed E-state index contributed by atoms with van der Waals surface area (Å²) < 4.78 is 7.63. The number of nitrogens with zero attached hydrogens (tertiary/aromatic N) is 7. The molecule has 8 nitrogen and oxygen atoms in total. The van der Waals surface area contributed by atoms with Crippen LogP contribution in [0.2, 0.25) is 0 Å². The van der Waals surface area contributed by atoms with E-state index in [-0.39, 0.29) is 0 Å². The van der Waals surface area contributed by atoms with Gasteiger partial charge in [0.25, 0.3) is 0 Å². The zero-order valence-electron chi connectivity index (χ0n) is 16.3. The van der Waals surface area contributed by atoms with Gasteiger partial charge in [-0.25, -0.2) is 9.97 Å². The van der Waals surface area contributed by atoms with Gasteiger partial charge in [0, 0.05) is 50.9 Å². The predicted molar refractivity (Wildman–Crippen MR) is 103 cm³/mol. The predicted octanol–water partition coefficient (Wildman–Crippen LogP) is 1.38. The Morgan fingerprint density at radius 1 is 1.15 bits per heavy atom. The topological polar surface area (TPSA) is 72.2 Å². The fraction of sp³-hybridized carbons (Fsp3) is 0.684. The van der Waals surface area contributed by atoms with Gasteiger partial charge >= 0.3 is 0 Å². The third kappa shape index (κ3) is 4.11. The van der Waals surface area contributed by atoms with Crippen molar-refractivity contribution in [2.75, 3.05) is 44.3 Å². The van der Waals surface area contributed by atoms with E-state index in [9.17, 15) is 0 Å². The van der Waals surface area contributed by atoms with Crippen LogP contribution in [0.15, 0.2) is 12.4 Å². The second kappa shape index (κ2) is 8.31. The Labute approximate surface area is 160 Å². The third-order valence-electron chi connectivity index (χ3n) is 5.65. The van der Waals surface area contributed by atoms with Crippen molar-refractivity contribution < 1.29 is 4.74 Å². The standard InChI is InChI=1S/C19H29N7O/c1-3-16-11-17(21-14-20-16)26-6-4-5-15(12-26)19-23-22-18(24(19)2)13-25-7-9-27-10-8-25/h11,14-15H,3-10,12-13H2,1-2H3/t15-/m0/s1. The van der Waals surface area contributed by atoms with Crippen LogP contribution in [0.25, 0.3) is 0 Å². The quantitative estimate of drug-likeness (QED) is 0.786. The summed E-state index contributed by atoms with van der Waals surface area (Å²) in [6, 6.07) is 2.11. The lowest BCUT2D eigenvalue weighted by Gasteiger charge is -2.33. The number of morpholine rings is 1. The van der Waals surface area contributed by atoms with Gasteiger partial charge in [0.05, 0.1) is 19.8 Å². The number of ether oxygens (including phenoxy) is 1. The Bertz CT molecular complexity index is 756. The molecule has 4 rings (SSSR count). The first-order valence-corrected chi connectivity index (χ1v) is 9.98. The minimum atomic E-state index is 0.384. The van der Waals surface area contributed by atoms with Gasteiger partial charge in [-0.15, -0.1) is 10.2 Å². The molecule has 0 aromatic carbocycles. The molecule has 0 bridgehead atoms. The molecule has 0 amide bonds. The zero-order chi connectivity index (χ0) is 18.6. The summed E-state index contributed by atoms with van der Waals surface area (Å²) in [5.41, 5.74) is 1.09. The zero-order valence-corrected chi connectivity index (χ0v) is 16.3. The Hall–Kier alpha value is -2.06. The van der Waals surface area contributed by atoms with Crippen LogP contribution in [-0.4, -0.2) is 69.0 Å². The van der Waals surface area contributed by atoms with Crippen LogP contribution >= 0.6 is 0 Å². The minimum Gasteiger partial charge on any atom is -0.379 e. The molecular weight excluding hydrogens is 342 g/mol. The third-order valence-corrected chi connectivity index (χ3v) is 5.65. The van der Waals surface area contributed by atoms with Gasteiger partial charge in [0.1, 0.15) is 23.8 Å². The largest absolute Gasteiger partial charge is 0.379 e. The summed E-state index contributed by atoms with van der Waals surface area (Å²) in [4.78, 5) is 13.6. The number of hydrogen-bond acceptors (Lipinski definition) is 7. The van der Waals surface area contributed by atoms with Crippen molar-refractivity contribution >= 4 is 5.82 Å². The summed E-state index contributed by atoms with van der Waals surface area (Å²) >= 11 is 0. The molecule has 0 radical (unpaired) electrons. The van der Waals surface area contributed by atoms with Crippen molar-refractivity contribution in [1.82, 2.24) is 29.6 Å². The first kappa shape index (κ1) is 18.3. The number of hydrogen-bond donors (Lipinski definition) is 0. The average molecular weight is 371 g/mol. The number of anilines is 1. The Morgan fingerprint density at radius 2 is 2.00 bits per heavy atom. The molecule has 146 valence electrons. The smallest absolute Gasteiger partial charge is 0.146 e. The molecule has 2 aromatic heterocycles. The molecule has 1 atom stereocenters. The van der Waals surface area contributed by atoms with Crippen molar-refractivity contribution in [3.05, 3.63) is 29.7 Å². The molecule has 2 aliphatic rings. The van der Waals surface area contributed by atoms with Crippen LogP contribution in [0.4, 0.5) is 5.82 Å². The van der Waals surface area contributed by atoms with Crippen molar-refractivity contribution in [1.29, 1.82) is 0 Å². The molecule has 0 saturated carbocycles. The van der Waals surface area contributed by atoms with E-state index in [1.54, 1.807) is 6.33 Å². The average Bonchev–Trinajstić information content (AvgIpc) is 3.09. The Kier molecular flexibility index (Phi) is 5.63. The van der Waals surface area contributed by atoms with Crippen LogP contribution in [0.1, 0.15) is 43.0 Å². The fourth-order valence-corrected chi connectivity index (χ4v) is 3.98. The Morgan fingerprint density at radius 3 is 2.81 bits per heavy atom. The highest BCUT2D eigenvalue weighted by Gasteiger charge is 2.27. The monoisotopic (exact) mass is 371 g/mol. The second-order valence-corrected chi connectivity index (χ2v) is 7.43. The molecular formula is C19H29N7O. The molecule has 2 fully saturated rings. The van der Waals surface area contributed by atoms with Crippen molar-refractivity contribution in [2.45, 2.75) is 38.6 Å². The molecule has 4 heterocycles. The van der Waals surface area contributed by atoms with Crippen molar-refractivity contribution in [2.24, 2.45) is 7.05 Å². The van der Waals surface area contributed by atoms with E-state index in [4.69, 9.17) is 4.74 Å². The first-order chi connectivity index (χ1) is 13.2. The lowest BCUT2D eigenvalue weighted by molar-refractivity contribution is 0.0326. The van der Waals surface area contributed by atoms with Gasteiger partial charge in [0.15, 0.2) is 0 Å². The normalized spacial score (nSPS) is 21.6. The van der Waals surface area contributed by atoms with E-state index in [0.717, 1.165) is 88.4 Å². The summed E-state index contributed by atoms with van der Waals surface area (Å²) in [6.45, 7) is 8.48. The SMILES string of the molecule is CCc1cc(N2CCC[C@H](c3nnc(CN4CCOCC4)n3C)C2)ncn1.